The first-order chi connectivity index (χ1) is 8.62. The van der Waals surface area contributed by atoms with Crippen LogP contribution >= 0.6 is 0 Å². The Labute approximate surface area is 108 Å². The van der Waals surface area contributed by atoms with Gasteiger partial charge in [-0.15, -0.1) is 0 Å². The second kappa shape index (κ2) is 5.06. The van der Waals surface area contributed by atoms with Crippen LogP contribution in [0.3, 0.4) is 0 Å². The number of benzene rings is 1. The third-order valence-electron chi connectivity index (χ3n) is 3.64. The Morgan fingerprint density at radius 2 is 1.67 bits per heavy atom. The molecule has 2 N–H and O–H groups in total. The van der Waals surface area contributed by atoms with E-state index < -0.39 is 0 Å². The molecule has 0 saturated heterocycles. The molecule has 1 aliphatic carbocycles. The Morgan fingerprint density at radius 1 is 1.11 bits per heavy atom. The molecule has 0 radical (unpaired) electrons. The van der Waals surface area contributed by atoms with Gasteiger partial charge < -0.3 is 19.9 Å². The van der Waals surface area contributed by atoms with Gasteiger partial charge in [-0.05, 0) is 25.2 Å². The maximum absolute atomic E-state index is 5.96. The topological polar surface area (TPSA) is 53.7 Å². The summed E-state index contributed by atoms with van der Waals surface area (Å²) in [5.41, 5.74) is 7.07. The predicted molar refractivity (Wildman–Crippen MR) is 70.6 cm³/mol. The van der Waals surface area contributed by atoms with E-state index in [9.17, 15) is 0 Å². The van der Waals surface area contributed by atoms with Crippen molar-refractivity contribution in [2.75, 3.05) is 21.3 Å². The van der Waals surface area contributed by atoms with Crippen LogP contribution in [0.1, 0.15) is 24.8 Å². The third kappa shape index (κ3) is 2.25. The maximum Gasteiger partial charge on any atom is 0.129 e. The van der Waals surface area contributed by atoms with Crippen molar-refractivity contribution in [3.63, 3.8) is 0 Å². The molecule has 0 amide bonds. The second-order valence-corrected chi connectivity index (χ2v) is 4.81. The second-order valence-electron chi connectivity index (χ2n) is 4.81. The van der Waals surface area contributed by atoms with Crippen LogP contribution in [-0.2, 0) is 0 Å². The molecule has 4 heteroatoms. The summed E-state index contributed by atoms with van der Waals surface area (Å²) < 4.78 is 16.2. The average molecular weight is 251 g/mol. The van der Waals surface area contributed by atoms with E-state index in [1.54, 1.807) is 21.3 Å². The van der Waals surface area contributed by atoms with Crippen LogP contribution in [0.5, 0.6) is 17.2 Å². The lowest BCUT2D eigenvalue weighted by atomic mass is 10.0. The monoisotopic (exact) mass is 251 g/mol. The third-order valence-corrected chi connectivity index (χ3v) is 3.64. The molecule has 0 heterocycles. The average Bonchev–Trinajstić information content (AvgIpc) is 3.17. The Morgan fingerprint density at radius 3 is 2.00 bits per heavy atom. The molecule has 1 fully saturated rings. The summed E-state index contributed by atoms with van der Waals surface area (Å²) in [4.78, 5) is 0. The van der Waals surface area contributed by atoms with E-state index in [4.69, 9.17) is 19.9 Å². The van der Waals surface area contributed by atoms with Gasteiger partial charge in [0.15, 0.2) is 0 Å². The first-order valence-electron chi connectivity index (χ1n) is 6.17. The molecule has 18 heavy (non-hydrogen) atoms. The quantitative estimate of drug-likeness (QED) is 0.871. The highest BCUT2D eigenvalue weighted by atomic mass is 16.5. The van der Waals surface area contributed by atoms with Gasteiger partial charge in [-0.1, -0.05) is 0 Å². The lowest BCUT2D eigenvalue weighted by Gasteiger charge is -2.15. The van der Waals surface area contributed by atoms with Gasteiger partial charge in [0.1, 0.15) is 17.2 Å². The van der Waals surface area contributed by atoms with Crippen molar-refractivity contribution in [3.05, 3.63) is 17.7 Å². The molecule has 0 unspecified atom stereocenters. The van der Waals surface area contributed by atoms with Crippen LogP contribution in [0.2, 0.25) is 0 Å². The first-order valence-corrected chi connectivity index (χ1v) is 6.17. The number of methoxy groups -OCH3 is 3. The van der Waals surface area contributed by atoms with Crippen LogP contribution in [0.15, 0.2) is 12.1 Å². The van der Waals surface area contributed by atoms with Gasteiger partial charge in [0.25, 0.3) is 0 Å². The van der Waals surface area contributed by atoms with E-state index in [2.05, 4.69) is 0 Å². The van der Waals surface area contributed by atoms with Crippen LogP contribution < -0.4 is 19.9 Å². The van der Waals surface area contributed by atoms with Gasteiger partial charge in [0.05, 0.1) is 21.3 Å². The van der Waals surface area contributed by atoms with E-state index in [1.165, 1.54) is 0 Å². The predicted octanol–water partition coefficient (Wildman–Crippen LogP) is 2.16. The van der Waals surface area contributed by atoms with Gasteiger partial charge in [-0.25, -0.2) is 0 Å². The van der Waals surface area contributed by atoms with Crippen molar-refractivity contribution < 1.29 is 14.2 Å². The molecule has 3 atom stereocenters. The summed E-state index contributed by atoms with van der Waals surface area (Å²) >= 11 is 0. The standard InChI is InChI=1S/C14H21NO3/c1-8(15)10-7-11(10)14-12(17-3)5-9(16-2)6-13(14)18-4/h5-6,8,10-11H,7,15H2,1-4H3/t8-,10-,11-/m1/s1. The van der Waals surface area contributed by atoms with Crippen molar-refractivity contribution in [1.29, 1.82) is 0 Å². The summed E-state index contributed by atoms with van der Waals surface area (Å²) in [6, 6.07) is 3.99. The minimum Gasteiger partial charge on any atom is -0.496 e. The van der Waals surface area contributed by atoms with Crippen molar-refractivity contribution in [2.24, 2.45) is 11.7 Å². The number of nitrogens with two attached hydrogens (primary N) is 1. The van der Waals surface area contributed by atoms with Gasteiger partial charge in [0, 0.05) is 23.7 Å². The van der Waals surface area contributed by atoms with Gasteiger partial charge in [-0.3, -0.25) is 0 Å². The summed E-state index contributed by atoms with van der Waals surface area (Å²) in [7, 11) is 4.97. The minimum absolute atomic E-state index is 0.200. The zero-order valence-electron chi connectivity index (χ0n) is 11.4. The molecule has 0 spiro atoms. The fourth-order valence-electron chi connectivity index (χ4n) is 2.53. The molecule has 1 aromatic carbocycles. The highest BCUT2D eigenvalue weighted by molar-refractivity contribution is 5.54. The number of hydrogen-bond donors (Lipinski definition) is 1. The summed E-state index contributed by atoms with van der Waals surface area (Å²) in [6.45, 7) is 2.05. The normalized spacial score (nSPS) is 23.4. The molecule has 0 bridgehead atoms. The minimum atomic E-state index is 0.200. The highest BCUT2D eigenvalue weighted by Gasteiger charge is 2.44. The summed E-state index contributed by atoms with van der Waals surface area (Å²) in [5.74, 6) is 3.33. The first kappa shape index (κ1) is 13.0. The molecule has 2 rings (SSSR count). The lowest BCUT2D eigenvalue weighted by molar-refractivity contribution is 0.367. The smallest absolute Gasteiger partial charge is 0.129 e. The molecule has 1 saturated carbocycles. The van der Waals surface area contributed by atoms with Gasteiger partial charge in [0.2, 0.25) is 0 Å². The lowest BCUT2D eigenvalue weighted by Crippen LogP contribution is -2.18. The number of ether oxygens (including phenoxy) is 3. The Bertz CT molecular complexity index is 406. The van der Waals surface area contributed by atoms with E-state index in [0.29, 0.717) is 11.8 Å². The summed E-state index contributed by atoms with van der Waals surface area (Å²) in [6.07, 6.45) is 1.09. The van der Waals surface area contributed by atoms with E-state index in [-0.39, 0.29) is 6.04 Å². The van der Waals surface area contributed by atoms with Gasteiger partial charge >= 0.3 is 0 Å². The molecule has 4 nitrogen and oxygen atoms in total. The fourth-order valence-corrected chi connectivity index (χ4v) is 2.53. The van der Waals surface area contributed by atoms with Crippen LogP contribution in [0.25, 0.3) is 0 Å². The number of rotatable bonds is 5. The zero-order chi connectivity index (χ0) is 13.3. The molecule has 0 aromatic heterocycles. The SMILES string of the molecule is COc1cc(OC)c([C@@H]2C[C@@H]2[C@@H](C)N)c(OC)c1. The zero-order valence-corrected chi connectivity index (χ0v) is 11.4. The van der Waals surface area contributed by atoms with E-state index in [1.807, 2.05) is 19.1 Å². The largest absolute Gasteiger partial charge is 0.496 e. The molecular formula is C14H21NO3. The van der Waals surface area contributed by atoms with Crippen molar-refractivity contribution in [1.82, 2.24) is 0 Å². The number of hydrogen-bond acceptors (Lipinski definition) is 4. The molecule has 100 valence electrons. The van der Waals surface area contributed by atoms with Crippen molar-refractivity contribution in [2.45, 2.75) is 25.3 Å². The van der Waals surface area contributed by atoms with Gasteiger partial charge in [-0.2, -0.15) is 0 Å². The Hall–Kier alpha value is -1.42. The Balaban J connectivity index is 2.39. The van der Waals surface area contributed by atoms with Crippen LogP contribution in [0.4, 0.5) is 0 Å². The molecule has 1 aliphatic rings. The van der Waals surface area contributed by atoms with Crippen molar-refractivity contribution >= 4 is 0 Å². The molecule has 1 aromatic rings. The maximum atomic E-state index is 5.96. The highest BCUT2D eigenvalue weighted by Crippen LogP contribution is 2.55. The molecule has 0 aliphatic heterocycles. The van der Waals surface area contributed by atoms with Crippen LogP contribution in [0, 0.1) is 5.92 Å². The van der Waals surface area contributed by atoms with E-state index in [0.717, 1.165) is 29.2 Å². The van der Waals surface area contributed by atoms with Crippen molar-refractivity contribution in [3.8, 4) is 17.2 Å². The Kier molecular flexibility index (Phi) is 3.66. The van der Waals surface area contributed by atoms with E-state index >= 15 is 0 Å². The summed E-state index contributed by atoms with van der Waals surface area (Å²) in [5, 5.41) is 0. The molecular weight excluding hydrogens is 230 g/mol. The fraction of sp³-hybridized carbons (Fsp3) is 0.571. The van der Waals surface area contributed by atoms with Crippen LogP contribution in [-0.4, -0.2) is 27.4 Å².